The monoisotopic (exact) mass is 749 g/mol. The van der Waals surface area contributed by atoms with E-state index >= 15 is 0 Å². The van der Waals surface area contributed by atoms with Crippen LogP contribution in [0, 0.1) is 6.85 Å². The van der Waals surface area contributed by atoms with E-state index in [-0.39, 0.29) is 16.9 Å². The maximum absolute atomic E-state index is 11.3. The zero-order chi connectivity index (χ0) is 49.1. The van der Waals surface area contributed by atoms with Gasteiger partial charge in [-0.05, 0) is 123 Å². The van der Waals surface area contributed by atoms with Gasteiger partial charge in [0.2, 0.25) is 0 Å². The molecule has 0 unspecified atom stereocenters. The van der Waals surface area contributed by atoms with E-state index in [9.17, 15) is 5.11 Å². The standard InChI is InChI=1S/C53H43N3O/c1-35-30-39(36-14-7-5-8-15-36)24-27-48(35)56-49-20-13-19-45(51(49)55-52(56)46-18-11-12-21-50(46)57)42-31-41(37-16-9-6-10-17-37)32-43(33-42)47-34-40(28-29-54-47)38-22-25-44(26-23-38)53(2,3)4/h5-34,57H,1-4H3/i1D3,2D3,3D3,4D3. The summed E-state index contributed by atoms with van der Waals surface area (Å²) in [4.78, 5) is 9.99. The largest absolute Gasteiger partial charge is 0.507 e. The molecule has 2 aromatic heterocycles. The van der Waals surface area contributed by atoms with Gasteiger partial charge >= 0.3 is 0 Å². The second-order valence-corrected chi connectivity index (χ2v) is 14.0. The lowest BCUT2D eigenvalue weighted by atomic mass is 9.86. The number of nitrogens with zero attached hydrogens (tertiary/aromatic N) is 3. The summed E-state index contributed by atoms with van der Waals surface area (Å²) in [6.45, 7) is -12.7. The van der Waals surface area contributed by atoms with Gasteiger partial charge in [0.1, 0.15) is 11.6 Å². The zero-order valence-corrected chi connectivity index (χ0v) is 30.6. The zero-order valence-electron chi connectivity index (χ0n) is 42.6. The maximum Gasteiger partial charge on any atom is 0.149 e. The Hall–Kier alpha value is -7.04. The van der Waals surface area contributed by atoms with Crippen molar-refractivity contribution in [1.82, 2.24) is 14.5 Å². The minimum absolute atomic E-state index is 0.0351. The van der Waals surface area contributed by atoms with E-state index in [1.54, 1.807) is 53.2 Å². The number of hydrogen-bond donors (Lipinski definition) is 1. The molecule has 0 aliphatic rings. The predicted octanol–water partition coefficient (Wildman–Crippen LogP) is 13.7. The van der Waals surface area contributed by atoms with Crippen LogP contribution >= 0.6 is 0 Å². The van der Waals surface area contributed by atoms with Crippen LogP contribution in [-0.4, -0.2) is 19.6 Å². The molecule has 0 bridgehead atoms. The molecule has 9 rings (SSSR count). The Bertz CT molecular complexity index is 3300. The Morgan fingerprint density at radius 3 is 1.89 bits per heavy atom. The molecule has 4 nitrogen and oxygen atoms in total. The van der Waals surface area contributed by atoms with Crippen LogP contribution < -0.4 is 0 Å². The summed E-state index contributed by atoms with van der Waals surface area (Å²) in [7, 11) is 0. The van der Waals surface area contributed by atoms with Gasteiger partial charge in [0.05, 0.1) is 28.0 Å². The minimum atomic E-state index is -3.39. The Labute approximate surface area is 351 Å². The molecule has 0 fully saturated rings. The molecule has 2 heterocycles. The first-order chi connectivity index (χ1) is 32.7. The number of phenolic OH excluding ortho intramolecular Hbond substituents is 1. The van der Waals surface area contributed by atoms with E-state index in [1.165, 1.54) is 24.3 Å². The summed E-state index contributed by atoms with van der Waals surface area (Å²) < 4.78 is 101. The molecule has 4 heteroatoms. The SMILES string of the molecule is [2H]C([2H])([2H])c1cc(-c2ccccc2)ccc1-n1c(-c2ccccc2O)nc2c(-c3cc(-c4ccccc4)cc(-c4cc(-c5ccc(C(C([2H])([2H])[2H])(C([2H])([2H])[2H])C([2H])([2H])[2H])cc5)ccn4)c3)cccc21. The number of hydrogen-bond acceptors (Lipinski definition) is 3. The average Bonchev–Trinajstić information content (AvgIpc) is 3.70. The highest BCUT2D eigenvalue weighted by Crippen LogP contribution is 2.41. The topological polar surface area (TPSA) is 50.9 Å². The highest BCUT2D eigenvalue weighted by molar-refractivity contribution is 5.98. The molecular formula is C53H43N3O. The van der Waals surface area contributed by atoms with Gasteiger partial charge in [0, 0.05) is 33.8 Å². The number of rotatable bonds is 7. The molecule has 9 aromatic rings. The number of benzene rings is 7. The predicted molar refractivity (Wildman–Crippen MR) is 237 cm³/mol. The third kappa shape index (κ3) is 6.91. The van der Waals surface area contributed by atoms with Crippen molar-refractivity contribution >= 4 is 11.0 Å². The summed E-state index contributed by atoms with van der Waals surface area (Å²) in [6, 6.07) is 52.4. The van der Waals surface area contributed by atoms with Gasteiger partial charge in [-0.1, -0.05) is 136 Å². The number of aryl methyl sites for hydroxylation is 1. The fourth-order valence-corrected chi connectivity index (χ4v) is 7.37. The number of aromatic hydroxyl groups is 1. The molecule has 0 amide bonds. The summed E-state index contributed by atoms with van der Waals surface area (Å²) in [5, 5.41) is 11.3. The molecule has 276 valence electrons. The lowest BCUT2D eigenvalue weighted by molar-refractivity contribution is 0.477. The van der Waals surface area contributed by atoms with Crippen LogP contribution in [0.1, 0.15) is 48.1 Å². The highest BCUT2D eigenvalue weighted by atomic mass is 16.3. The second kappa shape index (κ2) is 14.6. The molecule has 7 aromatic carbocycles. The normalized spacial score (nSPS) is 15.6. The van der Waals surface area contributed by atoms with Crippen LogP contribution in [0.25, 0.3) is 83.9 Å². The fourth-order valence-electron chi connectivity index (χ4n) is 7.37. The van der Waals surface area contributed by atoms with Gasteiger partial charge < -0.3 is 5.11 Å². The quantitative estimate of drug-likeness (QED) is 0.176. The van der Waals surface area contributed by atoms with Crippen molar-refractivity contribution in [2.75, 3.05) is 0 Å². The Kier molecular flexibility index (Phi) is 6.25. The molecule has 0 atom stereocenters. The second-order valence-electron chi connectivity index (χ2n) is 14.0. The van der Waals surface area contributed by atoms with E-state index in [0.717, 1.165) is 33.4 Å². The van der Waals surface area contributed by atoms with Crippen LogP contribution in [0.3, 0.4) is 0 Å². The van der Waals surface area contributed by atoms with Gasteiger partial charge in [-0.3, -0.25) is 9.55 Å². The summed E-state index contributed by atoms with van der Waals surface area (Å²) in [6.07, 6.45) is 1.62. The van der Waals surface area contributed by atoms with Gasteiger partial charge in [-0.15, -0.1) is 0 Å². The van der Waals surface area contributed by atoms with Gasteiger partial charge in [0.15, 0.2) is 0 Å². The van der Waals surface area contributed by atoms with Crippen LogP contribution in [0.15, 0.2) is 182 Å². The summed E-state index contributed by atoms with van der Waals surface area (Å²) >= 11 is 0. The van der Waals surface area contributed by atoms with Gasteiger partial charge in [-0.25, -0.2) is 4.98 Å². The van der Waals surface area contributed by atoms with E-state index in [4.69, 9.17) is 26.4 Å². The van der Waals surface area contributed by atoms with Crippen LogP contribution in [0.5, 0.6) is 5.75 Å². The molecule has 0 radical (unpaired) electrons. The Morgan fingerprint density at radius 1 is 0.526 bits per heavy atom. The van der Waals surface area contributed by atoms with E-state index in [0.29, 0.717) is 50.5 Å². The third-order valence-corrected chi connectivity index (χ3v) is 10.2. The van der Waals surface area contributed by atoms with E-state index < -0.39 is 32.8 Å². The maximum atomic E-state index is 11.3. The van der Waals surface area contributed by atoms with Crippen molar-refractivity contribution in [2.24, 2.45) is 0 Å². The number of fused-ring (bicyclic) bond motifs is 1. The molecule has 0 aliphatic heterocycles. The molecule has 57 heavy (non-hydrogen) atoms. The smallest absolute Gasteiger partial charge is 0.149 e. The Morgan fingerprint density at radius 2 is 1.16 bits per heavy atom. The molecule has 0 saturated heterocycles. The fraction of sp³-hybridized carbons (Fsp3) is 0.0943. The Balaban J connectivity index is 1.22. The molecule has 0 aliphatic carbocycles. The van der Waals surface area contributed by atoms with Crippen molar-refractivity contribution in [3.63, 3.8) is 0 Å². The molecule has 0 saturated carbocycles. The number of para-hydroxylation sites is 2. The van der Waals surface area contributed by atoms with Crippen molar-refractivity contribution in [2.45, 2.75) is 32.8 Å². The number of pyridine rings is 1. The molecule has 1 N–H and O–H groups in total. The lowest BCUT2D eigenvalue weighted by Gasteiger charge is -2.19. The van der Waals surface area contributed by atoms with Crippen molar-refractivity contribution < 1.29 is 21.6 Å². The van der Waals surface area contributed by atoms with Crippen LogP contribution in [0.4, 0.5) is 0 Å². The summed E-state index contributed by atoms with van der Waals surface area (Å²) in [5.74, 6) is 0.300. The van der Waals surface area contributed by atoms with Crippen molar-refractivity contribution in [3.05, 3.63) is 193 Å². The first-order valence-electron chi connectivity index (χ1n) is 24.5. The van der Waals surface area contributed by atoms with E-state index in [2.05, 4.69) is 0 Å². The first-order valence-corrected chi connectivity index (χ1v) is 18.5. The number of aromatic nitrogens is 3. The minimum Gasteiger partial charge on any atom is -0.507 e. The number of imidazole rings is 1. The molecule has 0 spiro atoms. The lowest BCUT2D eigenvalue weighted by Crippen LogP contribution is -2.10. The third-order valence-electron chi connectivity index (χ3n) is 10.2. The molecular weight excluding hydrogens is 695 g/mol. The first kappa shape index (κ1) is 24.5. The van der Waals surface area contributed by atoms with Gasteiger partial charge in [-0.2, -0.15) is 0 Å². The van der Waals surface area contributed by atoms with E-state index in [1.807, 2.05) is 109 Å². The van der Waals surface area contributed by atoms with Crippen molar-refractivity contribution in [1.29, 1.82) is 0 Å². The van der Waals surface area contributed by atoms with Crippen LogP contribution in [0.2, 0.25) is 0 Å². The average molecular weight is 750 g/mol. The van der Waals surface area contributed by atoms with Gasteiger partial charge in [0.25, 0.3) is 0 Å². The highest BCUT2D eigenvalue weighted by Gasteiger charge is 2.22. The summed E-state index contributed by atoms with van der Waals surface area (Å²) in [5.41, 5.74) is 5.87. The number of phenols is 1. The van der Waals surface area contributed by atoms with Crippen LogP contribution in [-0.2, 0) is 5.41 Å². The van der Waals surface area contributed by atoms with Crippen molar-refractivity contribution in [3.8, 4) is 78.6 Å².